The van der Waals surface area contributed by atoms with Gasteiger partial charge in [-0.05, 0) is 50.7 Å². The molecule has 1 unspecified atom stereocenters. The van der Waals surface area contributed by atoms with Crippen molar-refractivity contribution in [2.24, 2.45) is 0 Å². The van der Waals surface area contributed by atoms with Gasteiger partial charge in [0.1, 0.15) is 0 Å². The lowest BCUT2D eigenvalue weighted by atomic mass is 9.93. The predicted octanol–water partition coefficient (Wildman–Crippen LogP) is 2.25. The number of rotatable bonds is 3. The van der Waals surface area contributed by atoms with Crippen molar-refractivity contribution < 1.29 is 0 Å². The van der Waals surface area contributed by atoms with Gasteiger partial charge in [-0.15, -0.1) is 0 Å². The lowest BCUT2D eigenvalue weighted by molar-refractivity contribution is 0.0943. The van der Waals surface area contributed by atoms with Gasteiger partial charge in [0, 0.05) is 25.2 Å². The first-order chi connectivity index (χ1) is 9.79. The van der Waals surface area contributed by atoms with E-state index in [1.807, 2.05) is 0 Å². The zero-order valence-electron chi connectivity index (χ0n) is 12.8. The Bertz CT molecular complexity index is 438. The van der Waals surface area contributed by atoms with Gasteiger partial charge in [-0.25, -0.2) is 0 Å². The number of likely N-dealkylation sites (N-methyl/N-ethyl adjacent to an activating group) is 1. The minimum Gasteiger partial charge on any atom is -0.311 e. The largest absolute Gasteiger partial charge is 0.311 e. The molecule has 0 saturated carbocycles. The van der Waals surface area contributed by atoms with Crippen molar-refractivity contribution in [2.75, 3.05) is 33.2 Å². The summed E-state index contributed by atoms with van der Waals surface area (Å²) in [6.07, 6.45) is 2.62. The van der Waals surface area contributed by atoms with Crippen LogP contribution in [0.5, 0.6) is 0 Å². The summed E-state index contributed by atoms with van der Waals surface area (Å²) in [5.74, 6) is 0. The van der Waals surface area contributed by atoms with Crippen LogP contribution in [-0.4, -0.2) is 49.1 Å². The lowest BCUT2D eigenvalue weighted by Gasteiger charge is -2.42. The first-order valence-electron chi connectivity index (χ1n) is 8.02. The maximum atomic E-state index is 3.58. The van der Waals surface area contributed by atoms with Gasteiger partial charge in [-0.2, -0.15) is 0 Å². The number of hydrogen-bond acceptors (Lipinski definition) is 3. The molecule has 1 aromatic rings. The van der Waals surface area contributed by atoms with Crippen LogP contribution in [-0.2, 0) is 6.54 Å². The Balaban J connectivity index is 1.71. The van der Waals surface area contributed by atoms with E-state index in [4.69, 9.17) is 0 Å². The topological polar surface area (TPSA) is 18.5 Å². The van der Waals surface area contributed by atoms with Gasteiger partial charge in [0.15, 0.2) is 0 Å². The average molecular weight is 273 g/mol. The van der Waals surface area contributed by atoms with Crippen LogP contribution >= 0.6 is 0 Å². The third kappa shape index (κ3) is 2.76. The standard InChI is InChI=1S/C17H27N3/c1-3-20-10-8-15(9-11-20)19(2)17-13-18-12-14-6-4-5-7-16(14)17/h4-7,15,17-18H,3,8-13H2,1-2H3. The van der Waals surface area contributed by atoms with E-state index >= 15 is 0 Å². The molecule has 1 aromatic carbocycles. The number of likely N-dealkylation sites (tertiary alicyclic amines) is 1. The summed E-state index contributed by atoms with van der Waals surface area (Å²) in [5.41, 5.74) is 3.01. The van der Waals surface area contributed by atoms with E-state index in [9.17, 15) is 0 Å². The molecular formula is C17H27N3. The number of nitrogens with one attached hydrogen (secondary N) is 1. The highest BCUT2D eigenvalue weighted by Crippen LogP contribution is 2.30. The normalized spacial score (nSPS) is 24.9. The minimum atomic E-state index is 0.540. The quantitative estimate of drug-likeness (QED) is 0.911. The molecule has 1 fully saturated rings. The molecule has 3 nitrogen and oxygen atoms in total. The van der Waals surface area contributed by atoms with Crippen molar-refractivity contribution in [3.8, 4) is 0 Å². The Labute approximate surface area is 123 Å². The molecule has 1 N–H and O–H groups in total. The number of nitrogens with zero attached hydrogens (tertiary/aromatic N) is 2. The van der Waals surface area contributed by atoms with E-state index in [1.165, 1.54) is 43.6 Å². The molecule has 2 aliphatic heterocycles. The Morgan fingerprint density at radius 3 is 2.75 bits per heavy atom. The second kappa shape index (κ2) is 6.25. The molecule has 0 amide bonds. The lowest BCUT2D eigenvalue weighted by Crippen LogP contribution is -2.47. The Morgan fingerprint density at radius 1 is 1.25 bits per heavy atom. The predicted molar refractivity (Wildman–Crippen MR) is 83.8 cm³/mol. The fourth-order valence-corrected chi connectivity index (χ4v) is 3.73. The maximum absolute atomic E-state index is 3.58. The third-order valence-electron chi connectivity index (χ3n) is 5.14. The summed E-state index contributed by atoms with van der Waals surface area (Å²) in [5, 5.41) is 3.58. The summed E-state index contributed by atoms with van der Waals surface area (Å²) in [4.78, 5) is 5.19. The molecule has 0 aliphatic carbocycles. The van der Waals surface area contributed by atoms with E-state index < -0.39 is 0 Å². The van der Waals surface area contributed by atoms with Crippen molar-refractivity contribution in [2.45, 2.75) is 38.4 Å². The van der Waals surface area contributed by atoms with Crippen molar-refractivity contribution in [3.63, 3.8) is 0 Å². The van der Waals surface area contributed by atoms with Crippen molar-refractivity contribution >= 4 is 0 Å². The van der Waals surface area contributed by atoms with Gasteiger partial charge in [-0.1, -0.05) is 31.2 Å². The minimum absolute atomic E-state index is 0.540. The Hall–Kier alpha value is -0.900. The molecule has 2 heterocycles. The summed E-state index contributed by atoms with van der Waals surface area (Å²) in [7, 11) is 2.32. The van der Waals surface area contributed by atoms with Crippen LogP contribution in [0, 0.1) is 0 Å². The molecule has 20 heavy (non-hydrogen) atoms. The molecule has 0 aromatic heterocycles. The van der Waals surface area contributed by atoms with E-state index in [0.29, 0.717) is 6.04 Å². The Morgan fingerprint density at radius 2 is 2.00 bits per heavy atom. The fourth-order valence-electron chi connectivity index (χ4n) is 3.73. The molecule has 1 saturated heterocycles. The highest BCUT2D eigenvalue weighted by Gasteiger charge is 2.29. The zero-order valence-corrected chi connectivity index (χ0v) is 12.8. The van der Waals surface area contributed by atoms with Gasteiger partial charge in [-0.3, -0.25) is 4.90 Å². The molecule has 3 heteroatoms. The monoisotopic (exact) mass is 273 g/mol. The second-order valence-electron chi connectivity index (χ2n) is 6.18. The summed E-state index contributed by atoms with van der Waals surface area (Å²) in [6.45, 7) is 8.09. The highest BCUT2D eigenvalue weighted by molar-refractivity contribution is 5.32. The highest BCUT2D eigenvalue weighted by atomic mass is 15.2. The van der Waals surface area contributed by atoms with E-state index in [-0.39, 0.29) is 0 Å². The number of hydrogen-bond donors (Lipinski definition) is 1. The number of benzene rings is 1. The van der Waals surface area contributed by atoms with Crippen LogP contribution in [0.2, 0.25) is 0 Å². The van der Waals surface area contributed by atoms with Crippen LogP contribution in [0.4, 0.5) is 0 Å². The van der Waals surface area contributed by atoms with Crippen LogP contribution in [0.1, 0.15) is 36.9 Å². The summed E-state index contributed by atoms with van der Waals surface area (Å²) >= 11 is 0. The molecule has 0 radical (unpaired) electrons. The second-order valence-corrected chi connectivity index (χ2v) is 6.18. The Kier molecular flexibility index (Phi) is 4.39. The van der Waals surface area contributed by atoms with Gasteiger partial charge in [0.05, 0.1) is 0 Å². The van der Waals surface area contributed by atoms with Crippen LogP contribution in [0.15, 0.2) is 24.3 Å². The van der Waals surface area contributed by atoms with Gasteiger partial charge >= 0.3 is 0 Å². The number of piperidine rings is 1. The van der Waals surface area contributed by atoms with E-state index in [0.717, 1.165) is 19.1 Å². The van der Waals surface area contributed by atoms with Crippen molar-refractivity contribution in [1.82, 2.24) is 15.1 Å². The molecule has 3 rings (SSSR count). The maximum Gasteiger partial charge on any atom is 0.0475 e. The van der Waals surface area contributed by atoms with Gasteiger partial charge in [0.25, 0.3) is 0 Å². The van der Waals surface area contributed by atoms with Gasteiger partial charge in [0.2, 0.25) is 0 Å². The summed E-state index contributed by atoms with van der Waals surface area (Å²) in [6, 6.07) is 10.2. The molecule has 0 bridgehead atoms. The first kappa shape index (κ1) is 14.1. The molecule has 2 aliphatic rings. The van der Waals surface area contributed by atoms with Crippen molar-refractivity contribution in [1.29, 1.82) is 0 Å². The van der Waals surface area contributed by atoms with Crippen molar-refractivity contribution in [3.05, 3.63) is 35.4 Å². The molecule has 110 valence electrons. The van der Waals surface area contributed by atoms with Crippen LogP contribution in [0.3, 0.4) is 0 Å². The zero-order chi connectivity index (χ0) is 13.9. The number of fused-ring (bicyclic) bond motifs is 1. The molecule has 1 atom stereocenters. The van der Waals surface area contributed by atoms with E-state index in [2.05, 4.69) is 53.4 Å². The van der Waals surface area contributed by atoms with E-state index in [1.54, 1.807) is 0 Å². The van der Waals surface area contributed by atoms with Crippen LogP contribution in [0.25, 0.3) is 0 Å². The smallest absolute Gasteiger partial charge is 0.0475 e. The molecule has 0 spiro atoms. The first-order valence-corrected chi connectivity index (χ1v) is 8.02. The third-order valence-corrected chi connectivity index (χ3v) is 5.14. The van der Waals surface area contributed by atoms with Gasteiger partial charge < -0.3 is 10.2 Å². The summed E-state index contributed by atoms with van der Waals surface area (Å²) < 4.78 is 0. The fraction of sp³-hybridized carbons (Fsp3) is 0.647. The SMILES string of the molecule is CCN1CCC(N(C)C2CNCc3ccccc32)CC1. The van der Waals surface area contributed by atoms with Crippen LogP contribution < -0.4 is 5.32 Å². The molecular weight excluding hydrogens is 246 g/mol. The average Bonchev–Trinajstić information content (AvgIpc) is 2.54.